The van der Waals surface area contributed by atoms with E-state index < -0.39 is 23.8 Å². The summed E-state index contributed by atoms with van der Waals surface area (Å²) in [5.41, 5.74) is 1.05. The summed E-state index contributed by atoms with van der Waals surface area (Å²) in [6.07, 6.45) is 0.367. The van der Waals surface area contributed by atoms with Crippen LogP contribution in [0.3, 0.4) is 0 Å². The number of halogens is 2. The maximum atomic E-state index is 13.0. The molecule has 2 aromatic carbocycles. The largest absolute Gasteiger partial charge is 0.387 e. The van der Waals surface area contributed by atoms with Crippen molar-refractivity contribution in [1.82, 2.24) is 10.6 Å². The molecule has 2 amide bonds. The lowest BCUT2D eigenvalue weighted by Crippen LogP contribution is -2.39. The van der Waals surface area contributed by atoms with Crippen molar-refractivity contribution < 1.29 is 28.6 Å². The molecule has 1 aliphatic carbocycles. The number of rotatable bonds is 8. The Hall–Kier alpha value is -2.84. The summed E-state index contributed by atoms with van der Waals surface area (Å²) >= 11 is 0. The quantitative estimate of drug-likeness (QED) is 0.501. The lowest BCUT2D eigenvalue weighted by Gasteiger charge is -2.27. The van der Waals surface area contributed by atoms with E-state index in [1.54, 1.807) is 0 Å². The maximum absolute atomic E-state index is 13.0. The molecule has 0 radical (unpaired) electrons. The average Bonchev–Trinajstić information content (AvgIpc) is 2.81. The van der Waals surface area contributed by atoms with Gasteiger partial charge in [0.1, 0.15) is 11.6 Å². The second kappa shape index (κ2) is 11.2. The summed E-state index contributed by atoms with van der Waals surface area (Å²) in [6, 6.07) is 10.9. The molecule has 4 N–H and O–H groups in total. The molecule has 8 heteroatoms. The van der Waals surface area contributed by atoms with E-state index in [-0.39, 0.29) is 36.7 Å². The Kier molecular flexibility index (Phi) is 8.30. The minimum Gasteiger partial charge on any atom is -0.387 e. The van der Waals surface area contributed by atoms with Gasteiger partial charge in [0, 0.05) is 24.9 Å². The van der Waals surface area contributed by atoms with Gasteiger partial charge < -0.3 is 20.8 Å². The molecule has 1 fully saturated rings. The van der Waals surface area contributed by atoms with Crippen molar-refractivity contribution in [3.05, 3.63) is 71.3 Å². The maximum Gasteiger partial charge on any atom is 0.223 e. The number of carbonyl (C=O) groups is 2. The summed E-state index contributed by atoms with van der Waals surface area (Å²) in [5, 5.41) is 25.7. The summed E-state index contributed by atoms with van der Waals surface area (Å²) < 4.78 is 25.9. The van der Waals surface area contributed by atoms with Crippen LogP contribution in [0.15, 0.2) is 48.5 Å². The number of benzene rings is 2. The fourth-order valence-electron chi connectivity index (χ4n) is 3.91. The Morgan fingerprint density at radius 2 is 1.03 bits per heavy atom. The molecule has 1 aliphatic rings. The molecule has 0 bridgehead atoms. The second-order valence-electron chi connectivity index (χ2n) is 8.17. The molecular weight excluding hydrogens is 418 g/mol. The van der Waals surface area contributed by atoms with Gasteiger partial charge in [0.25, 0.3) is 0 Å². The Balaban J connectivity index is 1.38. The zero-order valence-electron chi connectivity index (χ0n) is 17.6. The summed E-state index contributed by atoms with van der Waals surface area (Å²) in [5.74, 6) is -1.59. The molecule has 2 unspecified atom stereocenters. The van der Waals surface area contributed by atoms with Gasteiger partial charge in [-0.25, -0.2) is 8.78 Å². The van der Waals surface area contributed by atoms with Crippen molar-refractivity contribution in [2.24, 2.45) is 11.8 Å². The van der Waals surface area contributed by atoms with Crippen LogP contribution in [0, 0.1) is 23.5 Å². The van der Waals surface area contributed by atoms with E-state index in [1.807, 2.05) is 0 Å². The first-order valence-corrected chi connectivity index (χ1v) is 10.8. The van der Waals surface area contributed by atoms with E-state index in [4.69, 9.17) is 0 Å². The second-order valence-corrected chi connectivity index (χ2v) is 8.17. The molecule has 0 spiro atoms. The minimum atomic E-state index is -0.922. The van der Waals surface area contributed by atoms with Gasteiger partial charge in [0.2, 0.25) is 11.8 Å². The Labute approximate surface area is 185 Å². The Bertz CT molecular complexity index is 822. The number of aliphatic hydroxyl groups excluding tert-OH is 2. The third-order valence-electron chi connectivity index (χ3n) is 5.92. The highest BCUT2D eigenvalue weighted by atomic mass is 19.1. The van der Waals surface area contributed by atoms with Crippen molar-refractivity contribution in [3.63, 3.8) is 0 Å². The monoisotopic (exact) mass is 446 g/mol. The number of hydrogen-bond acceptors (Lipinski definition) is 4. The fourth-order valence-corrected chi connectivity index (χ4v) is 3.91. The SMILES string of the molecule is O=C(NCC(O)c1ccc(F)cc1)C1CCC(C(=O)NCC(O)c2ccc(F)cc2)CC1. The third kappa shape index (κ3) is 6.58. The summed E-state index contributed by atoms with van der Waals surface area (Å²) in [6.45, 7) is 0.0678. The molecule has 0 heterocycles. The van der Waals surface area contributed by atoms with E-state index in [0.29, 0.717) is 36.8 Å². The van der Waals surface area contributed by atoms with Gasteiger partial charge in [-0.15, -0.1) is 0 Å². The molecule has 2 atom stereocenters. The molecule has 32 heavy (non-hydrogen) atoms. The normalized spacial score (nSPS) is 20.2. The van der Waals surface area contributed by atoms with E-state index in [2.05, 4.69) is 10.6 Å². The zero-order chi connectivity index (χ0) is 23.1. The molecule has 0 saturated heterocycles. The number of amides is 2. The fraction of sp³-hybridized carbons (Fsp3) is 0.417. The number of carbonyl (C=O) groups excluding carboxylic acids is 2. The van der Waals surface area contributed by atoms with E-state index in [1.165, 1.54) is 48.5 Å². The van der Waals surface area contributed by atoms with Gasteiger partial charge in [-0.2, -0.15) is 0 Å². The first-order chi connectivity index (χ1) is 15.3. The first kappa shape index (κ1) is 23.8. The number of hydrogen-bond donors (Lipinski definition) is 4. The van der Waals surface area contributed by atoms with Gasteiger partial charge in [-0.05, 0) is 61.1 Å². The topological polar surface area (TPSA) is 98.7 Å². The number of nitrogens with one attached hydrogen (secondary N) is 2. The van der Waals surface area contributed by atoms with Crippen LogP contribution in [0.1, 0.15) is 49.0 Å². The lowest BCUT2D eigenvalue weighted by molar-refractivity contribution is -0.131. The van der Waals surface area contributed by atoms with Crippen LogP contribution in [0.5, 0.6) is 0 Å². The molecule has 3 rings (SSSR count). The molecular formula is C24H28F2N2O4. The van der Waals surface area contributed by atoms with Crippen LogP contribution >= 0.6 is 0 Å². The first-order valence-electron chi connectivity index (χ1n) is 10.8. The van der Waals surface area contributed by atoms with Crippen molar-refractivity contribution in [1.29, 1.82) is 0 Å². The van der Waals surface area contributed by atoms with Crippen LogP contribution in [0.4, 0.5) is 8.78 Å². The van der Waals surface area contributed by atoms with E-state index in [9.17, 15) is 28.6 Å². The van der Waals surface area contributed by atoms with Gasteiger partial charge in [0.15, 0.2) is 0 Å². The summed E-state index contributed by atoms with van der Waals surface area (Å²) in [4.78, 5) is 24.8. The van der Waals surface area contributed by atoms with Crippen LogP contribution in [0.25, 0.3) is 0 Å². The summed E-state index contributed by atoms with van der Waals surface area (Å²) in [7, 11) is 0. The predicted octanol–water partition coefficient (Wildman–Crippen LogP) is 2.77. The number of aliphatic hydroxyl groups is 2. The van der Waals surface area contributed by atoms with Crippen LogP contribution < -0.4 is 10.6 Å². The van der Waals surface area contributed by atoms with E-state index >= 15 is 0 Å². The van der Waals surface area contributed by atoms with Crippen LogP contribution in [-0.2, 0) is 9.59 Å². The average molecular weight is 446 g/mol. The Morgan fingerprint density at radius 1 is 0.719 bits per heavy atom. The van der Waals surface area contributed by atoms with Gasteiger partial charge in [-0.1, -0.05) is 24.3 Å². The molecule has 0 aliphatic heterocycles. The molecule has 0 aromatic heterocycles. The van der Waals surface area contributed by atoms with Crippen molar-refractivity contribution >= 4 is 11.8 Å². The van der Waals surface area contributed by atoms with Gasteiger partial charge in [-0.3, -0.25) is 9.59 Å². The third-order valence-corrected chi connectivity index (χ3v) is 5.92. The van der Waals surface area contributed by atoms with Crippen LogP contribution in [-0.4, -0.2) is 35.1 Å². The lowest BCUT2D eigenvalue weighted by atomic mass is 9.81. The van der Waals surface area contributed by atoms with Crippen molar-refractivity contribution in [3.8, 4) is 0 Å². The molecule has 6 nitrogen and oxygen atoms in total. The Morgan fingerprint density at radius 3 is 1.34 bits per heavy atom. The standard InChI is InChI=1S/C24H28F2N2O4/c25-19-9-5-15(6-10-19)21(29)13-27-23(31)17-1-2-18(4-3-17)24(32)28-14-22(30)16-7-11-20(26)12-8-16/h5-12,17-18,21-22,29-30H,1-4,13-14H2,(H,27,31)(H,28,32). The van der Waals surface area contributed by atoms with Gasteiger partial charge >= 0.3 is 0 Å². The van der Waals surface area contributed by atoms with Crippen molar-refractivity contribution in [2.45, 2.75) is 37.9 Å². The highest BCUT2D eigenvalue weighted by Gasteiger charge is 2.30. The highest BCUT2D eigenvalue weighted by molar-refractivity contribution is 5.81. The molecule has 172 valence electrons. The van der Waals surface area contributed by atoms with Gasteiger partial charge in [0.05, 0.1) is 12.2 Å². The highest BCUT2D eigenvalue weighted by Crippen LogP contribution is 2.29. The zero-order valence-corrected chi connectivity index (χ0v) is 17.6. The van der Waals surface area contributed by atoms with Crippen LogP contribution in [0.2, 0.25) is 0 Å². The smallest absolute Gasteiger partial charge is 0.223 e. The van der Waals surface area contributed by atoms with Crippen molar-refractivity contribution in [2.75, 3.05) is 13.1 Å². The molecule has 2 aromatic rings. The minimum absolute atomic E-state index is 0.0339. The predicted molar refractivity (Wildman–Crippen MR) is 114 cm³/mol. The molecule has 1 saturated carbocycles. The van der Waals surface area contributed by atoms with E-state index in [0.717, 1.165) is 0 Å².